The van der Waals surface area contributed by atoms with Crippen LogP contribution in [-0.2, 0) is 0 Å². The number of aryl methyl sites for hydroxylation is 1. The van der Waals surface area contributed by atoms with E-state index in [0.29, 0.717) is 17.3 Å². The Kier molecular flexibility index (Phi) is 2.47. The van der Waals surface area contributed by atoms with Gasteiger partial charge in [-0.2, -0.15) is 0 Å². The third-order valence-electron chi connectivity index (χ3n) is 1.63. The summed E-state index contributed by atoms with van der Waals surface area (Å²) in [6, 6.07) is 3.88. The summed E-state index contributed by atoms with van der Waals surface area (Å²) in [6.07, 6.45) is 0. The Morgan fingerprint density at radius 2 is 2.14 bits per heavy atom. The van der Waals surface area contributed by atoms with E-state index in [1.54, 1.807) is 18.3 Å². The molecule has 2 aromatic rings. The summed E-state index contributed by atoms with van der Waals surface area (Å²) in [5.41, 5.74) is 6.39. The Balaban J connectivity index is 2.52. The molecule has 0 fully saturated rings. The van der Waals surface area contributed by atoms with Gasteiger partial charge in [-0.1, -0.05) is 0 Å². The first kappa shape index (κ1) is 9.54. The number of nitrogens with zero attached hydrogens (tertiary/aromatic N) is 3. The average Bonchev–Trinajstić information content (AvgIpc) is 2.51. The lowest BCUT2D eigenvalue weighted by Crippen LogP contribution is -2.01. The fourth-order valence-corrected chi connectivity index (χ4v) is 2.42. The molecular weight excluding hydrogens is 264 g/mol. The number of halogens is 1. The molecule has 0 aromatic carbocycles. The van der Waals surface area contributed by atoms with Crippen molar-refractivity contribution in [3.8, 4) is 10.6 Å². The van der Waals surface area contributed by atoms with Crippen LogP contribution in [0.1, 0.15) is 5.82 Å². The molecule has 6 heteroatoms. The standard InChI is InChI=1S/C8H7BrN4S/c1-4-11-8(10)7(13-12-4)5-2-3-6(9)14-5/h2-3H,1H3,(H2,10,11,12). The van der Waals surface area contributed by atoms with Crippen molar-refractivity contribution in [1.29, 1.82) is 0 Å². The van der Waals surface area contributed by atoms with Crippen LogP contribution in [0.5, 0.6) is 0 Å². The fourth-order valence-electron chi connectivity index (χ4n) is 1.04. The van der Waals surface area contributed by atoms with Gasteiger partial charge < -0.3 is 5.73 Å². The number of aromatic nitrogens is 3. The van der Waals surface area contributed by atoms with Gasteiger partial charge in [0.15, 0.2) is 5.82 Å². The average molecular weight is 271 g/mol. The minimum atomic E-state index is 0.423. The lowest BCUT2D eigenvalue weighted by Gasteiger charge is -1.99. The Morgan fingerprint density at radius 1 is 1.36 bits per heavy atom. The molecule has 0 atom stereocenters. The van der Waals surface area contributed by atoms with Gasteiger partial charge in [-0.25, -0.2) is 4.98 Å². The molecule has 0 aliphatic heterocycles. The van der Waals surface area contributed by atoms with Gasteiger partial charge in [0.1, 0.15) is 11.5 Å². The Labute approximate surface area is 93.3 Å². The molecule has 2 N–H and O–H groups in total. The smallest absolute Gasteiger partial charge is 0.154 e. The van der Waals surface area contributed by atoms with Gasteiger partial charge in [0.2, 0.25) is 0 Å². The molecule has 2 heterocycles. The maximum absolute atomic E-state index is 5.74. The van der Waals surface area contributed by atoms with E-state index in [2.05, 4.69) is 31.1 Å². The van der Waals surface area contributed by atoms with Crippen molar-refractivity contribution < 1.29 is 0 Å². The highest BCUT2D eigenvalue weighted by atomic mass is 79.9. The van der Waals surface area contributed by atoms with E-state index in [1.807, 2.05) is 12.1 Å². The molecule has 0 saturated heterocycles. The zero-order chi connectivity index (χ0) is 10.1. The largest absolute Gasteiger partial charge is 0.382 e. The highest BCUT2D eigenvalue weighted by Crippen LogP contribution is 2.31. The van der Waals surface area contributed by atoms with E-state index < -0.39 is 0 Å². The Bertz CT molecular complexity index is 468. The summed E-state index contributed by atoms with van der Waals surface area (Å²) >= 11 is 4.93. The number of hydrogen-bond acceptors (Lipinski definition) is 5. The molecule has 2 aromatic heterocycles. The van der Waals surface area contributed by atoms with Gasteiger partial charge in [-0.05, 0) is 35.0 Å². The molecule has 2 rings (SSSR count). The summed E-state index contributed by atoms with van der Waals surface area (Å²) in [6.45, 7) is 1.76. The van der Waals surface area contributed by atoms with Gasteiger partial charge >= 0.3 is 0 Å². The minimum absolute atomic E-state index is 0.423. The molecule has 72 valence electrons. The maximum atomic E-state index is 5.74. The summed E-state index contributed by atoms with van der Waals surface area (Å²) in [5.74, 6) is 1.01. The van der Waals surface area contributed by atoms with E-state index >= 15 is 0 Å². The first-order valence-electron chi connectivity index (χ1n) is 3.89. The van der Waals surface area contributed by atoms with Crippen molar-refractivity contribution in [3.63, 3.8) is 0 Å². The molecule has 0 saturated carbocycles. The highest BCUT2D eigenvalue weighted by molar-refractivity contribution is 9.11. The predicted molar refractivity (Wildman–Crippen MR) is 60.0 cm³/mol. The SMILES string of the molecule is Cc1nnc(-c2ccc(Br)s2)c(N)n1. The first-order valence-corrected chi connectivity index (χ1v) is 5.50. The monoisotopic (exact) mass is 270 g/mol. The Hall–Kier alpha value is -1.01. The molecule has 0 aliphatic carbocycles. The van der Waals surface area contributed by atoms with Crippen molar-refractivity contribution in [2.45, 2.75) is 6.92 Å². The third-order valence-corrected chi connectivity index (χ3v) is 3.26. The van der Waals surface area contributed by atoms with Gasteiger partial charge in [-0.3, -0.25) is 0 Å². The predicted octanol–water partition coefficient (Wildman–Crippen LogP) is 2.25. The van der Waals surface area contributed by atoms with Crippen LogP contribution in [0.2, 0.25) is 0 Å². The fraction of sp³-hybridized carbons (Fsp3) is 0.125. The van der Waals surface area contributed by atoms with Crippen molar-refractivity contribution >= 4 is 33.1 Å². The molecule has 0 radical (unpaired) electrons. The van der Waals surface area contributed by atoms with E-state index in [-0.39, 0.29) is 0 Å². The molecule has 14 heavy (non-hydrogen) atoms. The second-order valence-corrected chi connectivity index (χ2v) is 5.16. The summed E-state index contributed by atoms with van der Waals surface area (Å²) in [5, 5.41) is 7.89. The topological polar surface area (TPSA) is 64.7 Å². The minimum Gasteiger partial charge on any atom is -0.382 e. The van der Waals surface area contributed by atoms with Crippen LogP contribution < -0.4 is 5.73 Å². The van der Waals surface area contributed by atoms with E-state index in [9.17, 15) is 0 Å². The second-order valence-electron chi connectivity index (χ2n) is 2.70. The normalized spacial score (nSPS) is 10.4. The number of nitrogen functional groups attached to an aromatic ring is 1. The second kappa shape index (κ2) is 3.62. The zero-order valence-corrected chi connectivity index (χ0v) is 9.76. The van der Waals surface area contributed by atoms with Gasteiger partial charge in [0, 0.05) is 0 Å². The summed E-state index contributed by atoms with van der Waals surface area (Å²) < 4.78 is 1.04. The molecule has 0 bridgehead atoms. The van der Waals surface area contributed by atoms with Crippen LogP contribution in [0.4, 0.5) is 5.82 Å². The van der Waals surface area contributed by atoms with Crippen LogP contribution in [0.15, 0.2) is 15.9 Å². The number of hydrogen-bond donors (Lipinski definition) is 1. The van der Waals surface area contributed by atoms with E-state index in [1.165, 1.54) is 0 Å². The van der Waals surface area contributed by atoms with Crippen LogP contribution in [-0.4, -0.2) is 15.2 Å². The lowest BCUT2D eigenvalue weighted by molar-refractivity contribution is 0.922. The highest BCUT2D eigenvalue weighted by Gasteiger charge is 2.08. The van der Waals surface area contributed by atoms with E-state index in [4.69, 9.17) is 5.73 Å². The van der Waals surface area contributed by atoms with Crippen molar-refractivity contribution in [1.82, 2.24) is 15.2 Å². The number of nitrogens with two attached hydrogens (primary N) is 1. The lowest BCUT2D eigenvalue weighted by atomic mass is 10.3. The number of rotatable bonds is 1. The molecule has 0 spiro atoms. The summed E-state index contributed by atoms with van der Waals surface area (Å²) in [4.78, 5) is 5.02. The van der Waals surface area contributed by atoms with Crippen molar-refractivity contribution in [2.24, 2.45) is 0 Å². The third kappa shape index (κ3) is 1.76. The molecule has 0 aliphatic rings. The Morgan fingerprint density at radius 3 is 2.71 bits per heavy atom. The molecule has 0 unspecified atom stereocenters. The molecular formula is C8H7BrN4S. The number of thiophene rings is 1. The molecule has 0 amide bonds. The van der Waals surface area contributed by atoms with Gasteiger partial charge in [-0.15, -0.1) is 21.5 Å². The van der Waals surface area contributed by atoms with Crippen LogP contribution >= 0.6 is 27.3 Å². The van der Waals surface area contributed by atoms with Crippen LogP contribution in [0.25, 0.3) is 10.6 Å². The van der Waals surface area contributed by atoms with Crippen molar-refractivity contribution in [3.05, 3.63) is 21.7 Å². The molecule has 4 nitrogen and oxygen atoms in total. The van der Waals surface area contributed by atoms with E-state index in [0.717, 1.165) is 8.66 Å². The van der Waals surface area contributed by atoms with Crippen LogP contribution in [0, 0.1) is 6.92 Å². The van der Waals surface area contributed by atoms with Crippen LogP contribution in [0.3, 0.4) is 0 Å². The number of anilines is 1. The quantitative estimate of drug-likeness (QED) is 0.864. The summed E-state index contributed by atoms with van der Waals surface area (Å²) in [7, 11) is 0. The van der Waals surface area contributed by atoms with Crippen molar-refractivity contribution in [2.75, 3.05) is 5.73 Å². The maximum Gasteiger partial charge on any atom is 0.154 e. The first-order chi connectivity index (χ1) is 6.66. The zero-order valence-electron chi connectivity index (χ0n) is 7.36. The van der Waals surface area contributed by atoms with Gasteiger partial charge in [0.05, 0.1) is 8.66 Å². The van der Waals surface area contributed by atoms with Gasteiger partial charge in [0.25, 0.3) is 0 Å².